The van der Waals surface area contributed by atoms with Crippen LogP contribution in [-0.2, 0) is 13.1 Å². The monoisotopic (exact) mass is 591 g/mol. The third-order valence-corrected chi connectivity index (χ3v) is 8.69. The lowest BCUT2D eigenvalue weighted by atomic mass is 10.0. The molecule has 0 unspecified atom stereocenters. The molecule has 0 N–H and O–H groups in total. The van der Waals surface area contributed by atoms with Crippen molar-refractivity contribution in [2.45, 2.75) is 45.3 Å². The van der Waals surface area contributed by atoms with Gasteiger partial charge in [-0.25, -0.2) is 0 Å². The second-order valence-electron chi connectivity index (χ2n) is 11.3. The van der Waals surface area contributed by atoms with Gasteiger partial charge in [0.1, 0.15) is 5.75 Å². The molecule has 0 radical (unpaired) electrons. The molecule has 11 nitrogen and oxygen atoms in total. The molecular formula is C33H33N7O4. The molecule has 2 aromatic carbocycles. The number of carbonyl (C=O) groups excluding carboxylic acids is 3. The summed E-state index contributed by atoms with van der Waals surface area (Å²) in [7, 11) is 1.63. The number of rotatable bonds is 6. The largest absolute Gasteiger partial charge is 0.497 e. The van der Waals surface area contributed by atoms with E-state index in [4.69, 9.17) is 14.7 Å². The number of hydrogen-bond acceptors (Lipinski definition) is 8. The molecular weight excluding hydrogens is 558 g/mol. The van der Waals surface area contributed by atoms with E-state index in [0.29, 0.717) is 73.7 Å². The number of benzene rings is 2. The van der Waals surface area contributed by atoms with Gasteiger partial charge >= 0.3 is 0 Å². The van der Waals surface area contributed by atoms with Crippen molar-refractivity contribution in [2.75, 3.05) is 43.1 Å². The molecule has 5 heterocycles. The Balaban J connectivity index is 1.25. The Morgan fingerprint density at radius 1 is 0.955 bits per heavy atom. The van der Waals surface area contributed by atoms with Gasteiger partial charge in [0.2, 0.25) is 11.9 Å². The van der Waals surface area contributed by atoms with Crippen LogP contribution in [0.5, 0.6) is 5.75 Å². The number of piperidine rings is 1. The van der Waals surface area contributed by atoms with Crippen molar-refractivity contribution >= 4 is 35.4 Å². The molecule has 224 valence electrons. The number of aromatic nitrogens is 2. The van der Waals surface area contributed by atoms with Crippen molar-refractivity contribution in [1.29, 1.82) is 0 Å². The fourth-order valence-electron chi connectivity index (χ4n) is 6.56. The van der Waals surface area contributed by atoms with Crippen molar-refractivity contribution < 1.29 is 19.1 Å². The lowest BCUT2D eigenvalue weighted by molar-refractivity contribution is 0.0569. The average Bonchev–Trinajstić information content (AvgIpc) is 3.57. The average molecular weight is 592 g/mol. The first-order chi connectivity index (χ1) is 21.5. The van der Waals surface area contributed by atoms with Crippen LogP contribution in [0.2, 0.25) is 0 Å². The van der Waals surface area contributed by atoms with Gasteiger partial charge in [0.25, 0.3) is 17.7 Å². The van der Waals surface area contributed by atoms with Crippen LogP contribution < -0.4 is 14.5 Å². The standard InChI is InChI=1S/C33H33N7O4/c1-3-4-18-37-27-28(38-19-8-16-34-32(38)39(31(27)43)20-22-12-14-24(44-2)15-13-22)35-33(37)36-17-7-9-23(21-36)40-29(41)25-10-5-6-11-26(25)30(40)42/h5-6,10-15,23H,7-9,16-21H2,1-2H3/t23-/m1/s1. The predicted octanol–water partition coefficient (Wildman–Crippen LogP) is 3.40. The van der Waals surface area contributed by atoms with Crippen LogP contribution in [-0.4, -0.2) is 82.4 Å². The maximum absolute atomic E-state index is 14.3. The van der Waals surface area contributed by atoms with Crippen LogP contribution >= 0.6 is 0 Å². The second kappa shape index (κ2) is 11.2. The highest BCUT2D eigenvalue weighted by atomic mass is 16.5. The molecule has 1 atom stereocenters. The smallest absolute Gasteiger partial charge is 0.281 e. The number of anilines is 2. The van der Waals surface area contributed by atoms with Gasteiger partial charge in [-0.15, -0.1) is 5.92 Å². The molecule has 3 amide bonds. The number of guanidine groups is 1. The molecule has 0 bridgehead atoms. The minimum absolute atomic E-state index is 0.182. The number of ether oxygens (including phenoxy) is 1. The highest BCUT2D eigenvalue weighted by Crippen LogP contribution is 2.36. The highest BCUT2D eigenvalue weighted by Gasteiger charge is 2.44. The third-order valence-electron chi connectivity index (χ3n) is 8.69. The molecule has 0 aliphatic carbocycles. The van der Waals surface area contributed by atoms with Gasteiger partial charge in [0.15, 0.2) is 11.5 Å². The van der Waals surface area contributed by atoms with Crippen LogP contribution in [0.15, 0.2) is 53.5 Å². The lowest BCUT2D eigenvalue weighted by Gasteiger charge is -2.38. The molecule has 1 aromatic heterocycles. The van der Waals surface area contributed by atoms with E-state index in [-0.39, 0.29) is 30.3 Å². The van der Waals surface area contributed by atoms with Gasteiger partial charge in [-0.3, -0.25) is 38.6 Å². The van der Waals surface area contributed by atoms with Crippen molar-refractivity contribution in [3.05, 3.63) is 70.9 Å². The third kappa shape index (κ3) is 4.49. The molecule has 1 fully saturated rings. The Morgan fingerprint density at radius 3 is 2.41 bits per heavy atom. The van der Waals surface area contributed by atoms with E-state index < -0.39 is 0 Å². The van der Waals surface area contributed by atoms with E-state index in [0.717, 1.165) is 24.2 Å². The van der Waals surface area contributed by atoms with E-state index in [9.17, 15) is 14.4 Å². The summed E-state index contributed by atoms with van der Waals surface area (Å²) in [5, 5.41) is 0. The number of carbonyl (C=O) groups is 3. The molecule has 4 aliphatic heterocycles. The summed E-state index contributed by atoms with van der Waals surface area (Å²) in [6.07, 6.45) is 2.31. The maximum atomic E-state index is 14.3. The molecule has 1 saturated heterocycles. The molecule has 3 aromatic rings. The van der Waals surface area contributed by atoms with E-state index in [1.807, 2.05) is 33.7 Å². The van der Waals surface area contributed by atoms with Gasteiger partial charge < -0.3 is 9.64 Å². The Morgan fingerprint density at radius 2 is 1.70 bits per heavy atom. The topological polar surface area (TPSA) is 104 Å². The summed E-state index contributed by atoms with van der Waals surface area (Å²) in [6.45, 7) is 4.83. The van der Waals surface area contributed by atoms with Gasteiger partial charge in [0, 0.05) is 26.2 Å². The van der Waals surface area contributed by atoms with Gasteiger partial charge in [-0.05, 0) is 56.0 Å². The molecule has 44 heavy (non-hydrogen) atoms. The van der Waals surface area contributed by atoms with Crippen LogP contribution in [0.4, 0.5) is 11.8 Å². The zero-order chi connectivity index (χ0) is 30.4. The first-order valence-electron chi connectivity index (χ1n) is 15.0. The number of methoxy groups -OCH3 is 1. The number of nitrogens with zero attached hydrogens (tertiary/aromatic N) is 7. The second-order valence-corrected chi connectivity index (χ2v) is 11.3. The van der Waals surface area contributed by atoms with Crippen LogP contribution in [0.3, 0.4) is 0 Å². The number of hydrogen-bond donors (Lipinski definition) is 0. The molecule has 11 heteroatoms. The quantitative estimate of drug-likeness (QED) is 0.320. The van der Waals surface area contributed by atoms with E-state index in [1.165, 1.54) is 4.90 Å². The molecule has 0 spiro atoms. The Bertz CT molecular complexity index is 1710. The molecule has 4 aliphatic rings. The predicted molar refractivity (Wildman–Crippen MR) is 165 cm³/mol. The molecule has 7 rings (SSSR count). The zero-order valence-electron chi connectivity index (χ0n) is 24.8. The maximum Gasteiger partial charge on any atom is 0.281 e. The SMILES string of the molecule is CC#CCn1c(N2CCC[C@@H](N3C(=O)c4ccccc4C3=O)C2)nc2c1C(=O)N(Cc1ccc(OC)cc1)C1=NCCCN12. The Hall–Kier alpha value is -5.11. The Kier molecular flexibility index (Phi) is 7.04. The first-order valence-corrected chi connectivity index (χ1v) is 15.0. The minimum Gasteiger partial charge on any atom is -0.497 e. The highest BCUT2D eigenvalue weighted by molar-refractivity contribution is 6.21. The summed E-state index contributed by atoms with van der Waals surface area (Å²) < 4.78 is 7.21. The van der Waals surface area contributed by atoms with Gasteiger partial charge in [-0.1, -0.05) is 30.2 Å². The summed E-state index contributed by atoms with van der Waals surface area (Å²) in [5.41, 5.74) is 2.32. The van der Waals surface area contributed by atoms with Crippen LogP contribution in [0.25, 0.3) is 0 Å². The normalized spacial score (nSPS) is 19.3. The zero-order valence-corrected chi connectivity index (χ0v) is 24.8. The van der Waals surface area contributed by atoms with Gasteiger partial charge in [-0.2, -0.15) is 4.98 Å². The number of imidazole rings is 1. The number of amides is 3. The van der Waals surface area contributed by atoms with Gasteiger partial charge in [0.05, 0.1) is 37.4 Å². The summed E-state index contributed by atoms with van der Waals surface area (Å²) in [5.74, 6) is 7.95. The molecule has 0 saturated carbocycles. The number of aliphatic imine (C=N–C) groups is 1. The minimum atomic E-state index is -0.315. The van der Waals surface area contributed by atoms with E-state index >= 15 is 0 Å². The Labute approximate surface area is 255 Å². The van der Waals surface area contributed by atoms with Crippen molar-refractivity contribution in [3.63, 3.8) is 0 Å². The summed E-state index contributed by atoms with van der Waals surface area (Å²) in [6, 6.07) is 14.3. The first kappa shape index (κ1) is 27.7. The number of imide groups is 1. The van der Waals surface area contributed by atoms with Crippen molar-refractivity contribution in [2.24, 2.45) is 4.99 Å². The fraction of sp³-hybridized carbons (Fsp3) is 0.364. The number of fused-ring (bicyclic) bond motifs is 4. The van der Waals surface area contributed by atoms with E-state index in [1.54, 1.807) is 43.2 Å². The van der Waals surface area contributed by atoms with Crippen molar-refractivity contribution in [1.82, 2.24) is 19.4 Å². The van der Waals surface area contributed by atoms with Crippen LogP contribution in [0.1, 0.15) is 63.0 Å². The fourth-order valence-corrected chi connectivity index (χ4v) is 6.56. The van der Waals surface area contributed by atoms with Crippen LogP contribution in [0, 0.1) is 11.8 Å². The van der Waals surface area contributed by atoms with E-state index in [2.05, 4.69) is 16.7 Å². The summed E-state index contributed by atoms with van der Waals surface area (Å²) >= 11 is 0. The summed E-state index contributed by atoms with van der Waals surface area (Å²) in [4.78, 5) is 58.1. The lowest BCUT2D eigenvalue weighted by Crippen LogP contribution is -2.54. The van der Waals surface area contributed by atoms with Crippen molar-refractivity contribution in [3.8, 4) is 17.6 Å².